The third-order valence-electron chi connectivity index (χ3n) is 2.07. The molecule has 0 unspecified atom stereocenters. The molecule has 0 aliphatic heterocycles. The number of hydrogen-bond acceptors (Lipinski definition) is 1. The van der Waals surface area contributed by atoms with E-state index in [4.69, 9.17) is 0 Å². The summed E-state index contributed by atoms with van der Waals surface area (Å²) in [7, 11) is 0. The van der Waals surface area contributed by atoms with Crippen LogP contribution >= 0.6 is 38.5 Å². The number of halogens is 3. The molecular formula is C11H14BrFIN. The van der Waals surface area contributed by atoms with Gasteiger partial charge in [0.15, 0.2) is 0 Å². The Bertz CT molecular complexity index is 307. The van der Waals surface area contributed by atoms with Crippen molar-refractivity contribution in [2.24, 2.45) is 0 Å². The quantitative estimate of drug-likeness (QED) is 0.445. The molecule has 1 aromatic rings. The second-order valence-electron chi connectivity index (χ2n) is 3.31. The van der Waals surface area contributed by atoms with Gasteiger partial charge >= 0.3 is 0 Å². The van der Waals surface area contributed by atoms with Crippen LogP contribution in [0.1, 0.15) is 18.4 Å². The Hall–Kier alpha value is 0.320. The fraction of sp³-hybridized carbons (Fsp3) is 0.455. The molecule has 15 heavy (non-hydrogen) atoms. The van der Waals surface area contributed by atoms with Crippen molar-refractivity contribution in [1.82, 2.24) is 5.32 Å². The van der Waals surface area contributed by atoms with Crippen LogP contribution in [0.3, 0.4) is 0 Å². The minimum absolute atomic E-state index is 0.147. The second kappa shape index (κ2) is 7.57. The van der Waals surface area contributed by atoms with E-state index in [1.165, 1.54) is 16.9 Å². The van der Waals surface area contributed by atoms with E-state index in [9.17, 15) is 4.39 Å². The topological polar surface area (TPSA) is 12.0 Å². The molecule has 0 radical (unpaired) electrons. The van der Waals surface area contributed by atoms with Gasteiger partial charge in [0, 0.05) is 16.6 Å². The third kappa shape index (κ3) is 5.26. The van der Waals surface area contributed by atoms with E-state index in [2.05, 4.69) is 43.8 Å². The molecule has 0 saturated heterocycles. The van der Waals surface area contributed by atoms with Crippen LogP contribution in [0.4, 0.5) is 4.39 Å². The first kappa shape index (κ1) is 13.4. The number of nitrogens with one attached hydrogen (secondary N) is 1. The fourth-order valence-corrected chi connectivity index (χ4v) is 2.11. The maximum Gasteiger partial charge on any atom is 0.128 e. The highest BCUT2D eigenvalue weighted by molar-refractivity contribution is 14.1. The van der Waals surface area contributed by atoms with Crippen LogP contribution in [0.5, 0.6) is 0 Å². The fourth-order valence-electron chi connectivity index (χ4n) is 1.23. The Labute approximate surface area is 112 Å². The Kier molecular flexibility index (Phi) is 6.76. The normalized spacial score (nSPS) is 10.6. The van der Waals surface area contributed by atoms with Gasteiger partial charge in [-0.1, -0.05) is 44.6 Å². The van der Waals surface area contributed by atoms with E-state index >= 15 is 0 Å². The predicted octanol–water partition coefficient (Wildman–Crippen LogP) is 3.89. The zero-order valence-corrected chi connectivity index (χ0v) is 12.1. The molecule has 0 heterocycles. The summed E-state index contributed by atoms with van der Waals surface area (Å²) < 4.78 is 15.3. The van der Waals surface area contributed by atoms with E-state index < -0.39 is 0 Å². The molecule has 1 nitrogen and oxygen atoms in total. The number of hydrogen-bond donors (Lipinski definition) is 1. The average Bonchev–Trinajstić information content (AvgIpc) is 2.20. The van der Waals surface area contributed by atoms with Crippen molar-refractivity contribution in [2.75, 3.05) is 11.0 Å². The average molecular weight is 386 g/mol. The van der Waals surface area contributed by atoms with Crippen molar-refractivity contribution in [3.63, 3.8) is 0 Å². The van der Waals surface area contributed by atoms with E-state index in [0.717, 1.165) is 23.0 Å². The van der Waals surface area contributed by atoms with Gasteiger partial charge in [0.2, 0.25) is 0 Å². The first-order chi connectivity index (χ1) is 7.24. The first-order valence-electron chi connectivity index (χ1n) is 4.94. The minimum Gasteiger partial charge on any atom is -0.313 e. The van der Waals surface area contributed by atoms with Gasteiger partial charge in [-0.25, -0.2) is 4.39 Å². The molecular weight excluding hydrogens is 372 g/mol. The lowest BCUT2D eigenvalue weighted by Gasteiger charge is -2.05. The number of alkyl halides is 1. The lowest BCUT2D eigenvalue weighted by atomic mass is 10.2. The summed E-state index contributed by atoms with van der Waals surface area (Å²) in [5, 5.41) is 3.24. The molecule has 0 aliphatic rings. The molecule has 84 valence electrons. The summed E-state index contributed by atoms with van der Waals surface area (Å²) >= 11 is 5.60. The highest BCUT2D eigenvalue weighted by Crippen LogP contribution is 2.14. The third-order valence-corrected chi connectivity index (χ3v) is 3.32. The predicted molar refractivity (Wildman–Crippen MR) is 73.9 cm³/mol. The zero-order valence-electron chi connectivity index (χ0n) is 8.40. The molecule has 1 aromatic carbocycles. The van der Waals surface area contributed by atoms with Crippen molar-refractivity contribution in [3.8, 4) is 0 Å². The lowest BCUT2D eigenvalue weighted by Crippen LogP contribution is -2.15. The van der Waals surface area contributed by atoms with Crippen LogP contribution in [0.25, 0.3) is 0 Å². The van der Waals surface area contributed by atoms with Crippen molar-refractivity contribution < 1.29 is 4.39 Å². The highest BCUT2D eigenvalue weighted by atomic mass is 127. The molecule has 0 bridgehead atoms. The molecule has 0 spiro atoms. The van der Waals surface area contributed by atoms with Crippen LogP contribution in [0.2, 0.25) is 0 Å². The van der Waals surface area contributed by atoms with Gasteiger partial charge in [-0.3, -0.25) is 0 Å². The minimum atomic E-state index is -0.147. The van der Waals surface area contributed by atoms with E-state index in [-0.39, 0.29) is 5.82 Å². The Morgan fingerprint density at radius 1 is 1.33 bits per heavy atom. The molecule has 0 aromatic heterocycles. The van der Waals surface area contributed by atoms with E-state index in [1.807, 2.05) is 12.1 Å². The molecule has 1 rings (SSSR count). The maximum absolute atomic E-state index is 13.4. The summed E-state index contributed by atoms with van der Waals surface area (Å²) in [6, 6.07) is 5.18. The molecule has 4 heteroatoms. The van der Waals surface area contributed by atoms with Gasteiger partial charge in [0.25, 0.3) is 0 Å². The van der Waals surface area contributed by atoms with Gasteiger partial charge in [-0.05, 0) is 35.9 Å². The van der Waals surface area contributed by atoms with Gasteiger partial charge in [0.05, 0.1) is 0 Å². The highest BCUT2D eigenvalue weighted by Gasteiger charge is 2.01. The van der Waals surface area contributed by atoms with E-state index in [1.54, 1.807) is 0 Å². The Balaban J connectivity index is 2.31. The first-order valence-corrected chi connectivity index (χ1v) is 7.26. The molecule has 1 N–H and O–H groups in total. The number of benzene rings is 1. The van der Waals surface area contributed by atoms with Crippen LogP contribution in [-0.2, 0) is 6.54 Å². The van der Waals surface area contributed by atoms with Crippen LogP contribution in [-0.4, -0.2) is 11.0 Å². The van der Waals surface area contributed by atoms with Crippen molar-refractivity contribution in [1.29, 1.82) is 0 Å². The molecule has 0 aliphatic carbocycles. The van der Waals surface area contributed by atoms with Crippen LogP contribution in [0, 0.1) is 5.82 Å². The smallest absolute Gasteiger partial charge is 0.128 e. The Morgan fingerprint density at radius 3 is 2.80 bits per heavy atom. The standard InChI is InChI=1S/C11H14BrFIN/c12-10-4-3-9(11(13)7-10)8-15-6-2-1-5-14/h3-4,7,15H,1-2,5-6,8H2. The molecule has 0 saturated carbocycles. The summed E-state index contributed by atoms with van der Waals surface area (Å²) in [5.74, 6) is -0.147. The van der Waals surface area contributed by atoms with Crippen molar-refractivity contribution in [3.05, 3.63) is 34.1 Å². The van der Waals surface area contributed by atoms with Gasteiger partial charge in [-0.2, -0.15) is 0 Å². The number of unbranched alkanes of at least 4 members (excludes halogenated alkanes) is 1. The van der Waals surface area contributed by atoms with Crippen LogP contribution in [0.15, 0.2) is 22.7 Å². The zero-order chi connectivity index (χ0) is 11.1. The second-order valence-corrected chi connectivity index (χ2v) is 5.30. The maximum atomic E-state index is 13.4. The largest absolute Gasteiger partial charge is 0.313 e. The van der Waals surface area contributed by atoms with Crippen molar-refractivity contribution >= 4 is 38.5 Å². The summed E-state index contributed by atoms with van der Waals surface area (Å²) in [6.07, 6.45) is 2.37. The lowest BCUT2D eigenvalue weighted by molar-refractivity contribution is 0.580. The molecule has 0 atom stereocenters. The molecule has 0 amide bonds. The van der Waals surface area contributed by atoms with Gasteiger partial charge < -0.3 is 5.32 Å². The summed E-state index contributed by atoms with van der Waals surface area (Å²) in [6.45, 7) is 1.57. The summed E-state index contributed by atoms with van der Waals surface area (Å²) in [5.41, 5.74) is 0.729. The number of rotatable bonds is 6. The summed E-state index contributed by atoms with van der Waals surface area (Å²) in [4.78, 5) is 0. The van der Waals surface area contributed by atoms with Gasteiger partial charge in [0.1, 0.15) is 5.82 Å². The van der Waals surface area contributed by atoms with E-state index in [0.29, 0.717) is 6.54 Å². The van der Waals surface area contributed by atoms with Gasteiger partial charge in [-0.15, -0.1) is 0 Å². The van der Waals surface area contributed by atoms with Crippen LogP contribution < -0.4 is 5.32 Å². The van der Waals surface area contributed by atoms with Crippen molar-refractivity contribution in [2.45, 2.75) is 19.4 Å². The SMILES string of the molecule is Fc1cc(Br)ccc1CNCCCCI. The molecule has 0 fully saturated rings. The monoisotopic (exact) mass is 385 g/mol. The Morgan fingerprint density at radius 2 is 2.13 bits per heavy atom.